The number of epoxide rings is 1. The Labute approximate surface area is 108 Å². The van der Waals surface area contributed by atoms with Crippen LogP contribution in [0.4, 0.5) is 10.5 Å². The molecular formula is C12H11ClN2O3. The Hall–Kier alpha value is -1.72. The largest absolute Gasteiger partial charge is 0.465 e. The molecule has 1 aromatic carbocycles. The maximum Gasteiger partial charge on any atom is 0.409 e. The van der Waals surface area contributed by atoms with Crippen molar-refractivity contribution in [1.82, 2.24) is 4.57 Å². The smallest absolute Gasteiger partial charge is 0.409 e. The fraction of sp³-hybridized carbons (Fsp3) is 0.250. The number of aromatic nitrogens is 1. The fourth-order valence-electron chi connectivity index (χ4n) is 2.06. The Balaban J connectivity index is 2.09. The number of rotatable bonds is 3. The lowest BCUT2D eigenvalue weighted by Gasteiger charge is -2.05. The average molecular weight is 267 g/mol. The Kier molecular flexibility index (Phi) is 2.65. The van der Waals surface area contributed by atoms with Crippen LogP contribution in [0.3, 0.4) is 0 Å². The van der Waals surface area contributed by atoms with Gasteiger partial charge in [-0.05, 0) is 12.1 Å². The van der Waals surface area contributed by atoms with Crippen LogP contribution in [-0.2, 0) is 11.3 Å². The van der Waals surface area contributed by atoms with E-state index in [-0.39, 0.29) is 6.10 Å². The summed E-state index contributed by atoms with van der Waals surface area (Å²) in [5.74, 6) is 0. The van der Waals surface area contributed by atoms with E-state index >= 15 is 0 Å². The number of fused-ring (bicyclic) bond motifs is 1. The maximum absolute atomic E-state index is 10.7. The molecule has 1 unspecified atom stereocenters. The van der Waals surface area contributed by atoms with Gasteiger partial charge in [0.15, 0.2) is 0 Å². The Morgan fingerprint density at radius 1 is 1.61 bits per heavy atom. The van der Waals surface area contributed by atoms with Crippen LogP contribution >= 0.6 is 11.6 Å². The van der Waals surface area contributed by atoms with Crippen LogP contribution in [0.5, 0.6) is 0 Å². The van der Waals surface area contributed by atoms with Gasteiger partial charge in [0.25, 0.3) is 0 Å². The van der Waals surface area contributed by atoms with Gasteiger partial charge in [-0.3, -0.25) is 5.32 Å². The third-order valence-corrected chi connectivity index (χ3v) is 3.19. The van der Waals surface area contributed by atoms with Crippen LogP contribution in [0, 0.1) is 0 Å². The minimum absolute atomic E-state index is 0.243. The lowest BCUT2D eigenvalue weighted by atomic mass is 10.2. The molecule has 1 aromatic heterocycles. The Morgan fingerprint density at radius 2 is 2.39 bits per heavy atom. The van der Waals surface area contributed by atoms with Crippen LogP contribution in [0.25, 0.3) is 10.9 Å². The number of amides is 1. The molecule has 1 atom stereocenters. The first-order valence-corrected chi connectivity index (χ1v) is 5.92. The third kappa shape index (κ3) is 2.02. The summed E-state index contributed by atoms with van der Waals surface area (Å²) in [7, 11) is 0. The van der Waals surface area contributed by atoms with Gasteiger partial charge in [-0.15, -0.1) is 0 Å². The third-order valence-electron chi connectivity index (χ3n) is 2.90. The van der Waals surface area contributed by atoms with E-state index in [0.29, 0.717) is 10.7 Å². The van der Waals surface area contributed by atoms with Gasteiger partial charge < -0.3 is 14.4 Å². The molecule has 3 rings (SSSR count). The number of hydrogen-bond acceptors (Lipinski definition) is 2. The van der Waals surface area contributed by atoms with Gasteiger partial charge in [0.1, 0.15) is 0 Å². The Morgan fingerprint density at radius 3 is 3.06 bits per heavy atom. The summed E-state index contributed by atoms with van der Waals surface area (Å²) >= 11 is 6.18. The summed E-state index contributed by atoms with van der Waals surface area (Å²) in [6.07, 6.45) is 0.950. The van der Waals surface area contributed by atoms with Crippen molar-refractivity contribution in [3.63, 3.8) is 0 Å². The average Bonchev–Trinajstić information content (AvgIpc) is 3.05. The highest BCUT2D eigenvalue weighted by molar-refractivity contribution is 6.37. The van der Waals surface area contributed by atoms with E-state index in [4.69, 9.17) is 21.4 Å². The van der Waals surface area contributed by atoms with Crippen molar-refractivity contribution in [1.29, 1.82) is 0 Å². The molecule has 0 aliphatic carbocycles. The van der Waals surface area contributed by atoms with E-state index in [0.717, 1.165) is 24.1 Å². The first-order chi connectivity index (χ1) is 8.65. The summed E-state index contributed by atoms with van der Waals surface area (Å²) in [6.45, 7) is 1.50. The fourth-order valence-corrected chi connectivity index (χ4v) is 2.38. The molecule has 1 aliphatic heterocycles. The second-order valence-electron chi connectivity index (χ2n) is 4.21. The predicted octanol–water partition coefficient (Wildman–Crippen LogP) is 2.78. The number of halogens is 1. The molecule has 0 saturated carbocycles. The molecule has 0 bridgehead atoms. The number of benzene rings is 1. The van der Waals surface area contributed by atoms with Crippen molar-refractivity contribution in [3.05, 3.63) is 29.4 Å². The standard InChI is InChI=1S/C12H11ClN2O3/c13-8-5-15(4-7-6-18-7)10-3-1-2-9(11(8)10)14-12(16)17/h1-3,5,7,14H,4,6H2,(H,16,17). The summed E-state index contributed by atoms with van der Waals surface area (Å²) in [5, 5.41) is 12.4. The van der Waals surface area contributed by atoms with E-state index in [2.05, 4.69) is 5.32 Å². The van der Waals surface area contributed by atoms with Crippen molar-refractivity contribution in [2.75, 3.05) is 11.9 Å². The van der Waals surface area contributed by atoms with Crippen LogP contribution in [0.15, 0.2) is 24.4 Å². The van der Waals surface area contributed by atoms with Crippen molar-refractivity contribution in [2.24, 2.45) is 0 Å². The molecule has 1 saturated heterocycles. The highest BCUT2D eigenvalue weighted by atomic mass is 35.5. The SMILES string of the molecule is O=C(O)Nc1cccc2c1c(Cl)cn2CC1CO1. The minimum Gasteiger partial charge on any atom is -0.465 e. The number of carboxylic acid groups (broad SMARTS) is 1. The van der Waals surface area contributed by atoms with Crippen LogP contribution in [0.2, 0.25) is 5.02 Å². The van der Waals surface area contributed by atoms with E-state index in [1.807, 2.05) is 10.6 Å². The van der Waals surface area contributed by atoms with Crippen molar-refractivity contribution >= 4 is 34.3 Å². The zero-order chi connectivity index (χ0) is 12.7. The number of hydrogen-bond donors (Lipinski definition) is 2. The molecule has 2 heterocycles. The van der Waals surface area contributed by atoms with E-state index in [1.54, 1.807) is 18.3 Å². The predicted molar refractivity (Wildman–Crippen MR) is 68.3 cm³/mol. The molecule has 2 aromatic rings. The normalized spacial score (nSPS) is 17.9. The monoisotopic (exact) mass is 266 g/mol. The van der Waals surface area contributed by atoms with Crippen LogP contribution < -0.4 is 5.32 Å². The molecule has 1 aliphatic rings. The van der Waals surface area contributed by atoms with Gasteiger partial charge in [-0.25, -0.2) is 4.79 Å². The van der Waals surface area contributed by atoms with E-state index in [1.165, 1.54) is 0 Å². The first-order valence-electron chi connectivity index (χ1n) is 5.54. The molecule has 1 fully saturated rings. The van der Waals surface area contributed by atoms with Crippen molar-refractivity contribution in [3.8, 4) is 0 Å². The van der Waals surface area contributed by atoms with E-state index in [9.17, 15) is 4.79 Å². The lowest BCUT2D eigenvalue weighted by molar-refractivity contribution is 0.210. The second kappa shape index (κ2) is 4.19. The minimum atomic E-state index is -1.10. The molecule has 1 amide bonds. The highest BCUT2D eigenvalue weighted by Crippen LogP contribution is 2.33. The quantitative estimate of drug-likeness (QED) is 0.840. The van der Waals surface area contributed by atoms with E-state index < -0.39 is 6.09 Å². The Bertz CT molecular complexity index is 619. The summed E-state index contributed by atoms with van der Waals surface area (Å²) < 4.78 is 7.18. The highest BCUT2D eigenvalue weighted by Gasteiger charge is 2.24. The first kappa shape index (κ1) is 11.4. The number of ether oxygens (including phenoxy) is 1. The number of nitrogens with one attached hydrogen (secondary N) is 1. The molecule has 18 heavy (non-hydrogen) atoms. The summed E-state index contributed by atoms with van der Waals surface area (Å²) in [6, 6.07) is 5.41. The maximum atomic E-state index is 10.7. The zero-order valence-electron chi connectivity index (χ0n) is 9.39. The van der Waals surface area contributed by atoms with Crippen molar-refractivity contribution in [2.45, 2.75) is 12.6 Å². The van der Waals surface area contributed by atoms with Gasteiger partial charge in [0.05, 0.1) is 35.5 Å². The van der Waals surface area contributed by atoms with Gasteiger partial charge in [-0.1, -0.05) is 17.7 Å². The molecule has 0 spiro atoms. The van der Waals surface area contributed by atoms with Crippen LogP contribution in [0.1, 0.15) is 0 Å². The molecule has 2 N–H and O–H groups in total. The number of anilines is 1. The molecule has 6 heteroatoms. The van der Waals surface area contributed by atoms with Gasteiger partial charge in [-0.2, -0.15) is 0 Å². The topological polar surface area (TPSA) is 66.8 Å². The molecule has 0 radical (unpaired) electrons. The lowest BCUT2D eigenvalue weighted by Crippen LogP contribution is -2.07. The second-order valence-corrected chi connectivity index (χ2v) is 4.62. The molecule has 94 valence electrons. The molecular weight excluding hydrogens is 256 g/mol. The van der Waals surface area contributed by atoms with Gasteiger partial charge in [0.2, 0.25) is 0 Å². The van der Waals surface area contributed by atoms with Gasteiger partial charge in [0, 0.05) is 11.6 Å². The van der Waals surface area contributed by atoms with Crippen molar-refractivity contribution < 1.29 is 14.6 Å². The number of carbonyl (C=O) groups is 1. The zero-order valence-corrected chi connectivity index (χ0v) is 10.1. The number of nitrogens with zero attached hydrogens (tertiary/aromatic N) is 1. The summed E-state index contributed by atoms with van der Waals surface area (Å²) in [4.78, 5) is 10.7. The van der Waals surface area contributed by atoms with Crippen LogP contribution in [-0.4, -0.2) is 28.5 Å². The molecule has 5 nitrogen and oxygen atoms in total. The van der Waals surface area contributed by atoms with Gasteiger partial charge >= 0.3 is 6.09 Å². The summed E-state index contributed by atoms with van der Waals surface area (Å²) in [5.41, 5.74) is 1.40.